The minimum atomic E-state index is -1.07. The normalized spacial score (nSPS) is 11.5. The quantitative estimate of drug-likeness (QED) is 0.723. The molecule has 0 fully saturated rings. The fraction of sp³-hybridized carbons (Fsp3) is 0.333. The Kier molecular flexibility index (Phi) is 6.75. The third-order valence-electron chi connectivity index (χ3n) is 2.89. The number of carbonyl (C=O) groups is 2. The van der Waals surface area contributed by atoms with Crippen LogP contribution >= 0.6 is 11.6 Å². The number of carboxylic acid groups (broad SMARTS) is 1. The van der Waals surface area contributed by atoms with Gasteiger partial charge in [-0.05, 0) is 31.0 Å². The van der Waals surface area contributed by atoms with Gasteiger partial charge >= 0.3 is 5.97 Å². The Balaban J connectivity index is 2.73. The molecule has 0 spiro atoms. The Morgan fingerprint density at radius 1 is 1.52 bits per heavy atom. The van der Waals surface area contributed by atoms with Gasteiger partial charge in [0.15, 0.2) is 0 Å². The molecule has 6 heteroatoms. The van der Waals surface area contributed by atoms with Gasteiger partial charge in [0, 0.05) is 10.6 Å². The number of hydrogen-bond donors (Lipinski definition) is 2. The number of benzene rings is 1. The van der Waals surface area contributed by atoms with Crippen LogP contribution in [-0.2, 0) is 16.0 Å². The highest BCUT2D eigenvalue weighted by atomic mass is 35.5. The number of allylic oxidation sites excluding steroid dienone is 1. The molecule has 0 aliphatic heterocycles. The molecule has 0 aliphatic rings. The molecule has 1 rings (SSSR count). The largest absolute Gasteiger partial charge is 0.496 e. The van der Waals surface area contributed by atoms with E-state index in [4.69, 9.17) is 21.4 Å². The molecule has 0 aliphatic carbocycles. The number of halogens is 1. The second kappa shape index (κ2) is 8.32. The summed E-state index contributed by atoms with van der Waals surface area (Å²) in [4.78, 5) is 23.0. The third-order valence-corrected chi connectivity index (χ3v) is 3.12. The van der Waals surface area contributed by atoms with E-state index in [1.165, 1.54) is 7.11 Å². The van der Waals surface area contributed by atoms with Gasteiger partial charge in [0.1, 0.15) is 11.8 Å². The van der Waals surface area contributed by atoms with Crippen LogP contribution in [0.1, 0.15) is 18.4 Å². The summed E-state index contributed by atoms with van der Waals surface area (Å²) in [5, 5.41) is 12.0. The number of methoxy groups -OCH3 is 1. The number of ether oxygens (including phenoxy) is 1. The first kappa shape index (κ1) is 17.0. The van der Waals surface area contributed by atoms with Gasteiger partial charge in [0.05, 0.1) is 13.5 Å². The first-order valence-corrected chi connectivity index (χ1v) is 6.81. The van der Waals surface area contributed by atoms with Crippen LogP contribution < -0.4 is 10.1 Å². The van der Waals surface area contributed by atoms with E-state index in [-0.39, 0.29) is 6.42 Å². The molecule has 0 radical (unpaired) electrons. The Bertz CT molecular complexity index is 530. The fourth-order valence-electron chi connectivity index (χ4n) is 1.85. The van der Waals surface area contributed by atoms with Gasteiger partial charge in [-0.25, -0.2) is 4.79 Å². The molecule has 0 saturated carbocycles. The summed E-state index contributed by atoms with van der Waals surface area (Å²) in [7, 11) is 1.49. The average molecular weight is 312 g/mol. The van der Waals surface area contributed by atoms with Crippen molar-refractivity contribution in [1.82, 2.24) is 5.32 Å². The minimum absolute atomic E-state index is 0.00159. The van der Waals surface area contributed by atoms with Crippen LogP contribution in [0, 0.1) is 0 Å². The topological polar surface area (TPSA) is 75.6 Å². The van der Waals surface area contributed by atoms with Crippen molar-refractivity contribution in [3.8, 4) is 5.75 Å². The number of carbonyl (C=O) groups excluding carboxylic acids is 1. The van der Waals surface area contributed by atoms with Gasteiger partial charge in [-0.3, -0.25) is 4.79 Å². The second-order valence-electron chi connectivity index (χ2n) is 4.46. The van der Waals surface area contributed by atoms with Gasteiger partial charge in [-0.2, -0.15) is 0 Å². The van der Waals surface area contributed by atoms with Gasteiger partial charge in [0.25, 0.3) is 0 Å². The van der Waals surface area contributed by atoms with E-state index in [0.717, 1.165) is 0 Å². The second-order valence-corrected chi connectivity index (χ2v) is 4.89. The van der Waals surface area contributed by atoms with E-state index in [0.29, 0.717) is 29.2 Å². The summed E-state index contributed by atoms with van der Waals surface area (Å²) < 4.78 is 5.15. The number of carboxylic acids is 1. The molecule has 1 aromatic rings. The van der Waals surface area contributed by atoms with Gasteiger partial charge in [-0.1, -0.05) is 17.7 Å². The highest BCUT2D eigenvalue weighted by Gasteiger charge is 2.19. The van der Waals surface area contributed by atoms with Crippen molar-refractivity contribution in [3.63, 3.8) is 0 Å². The monoisotopic (exact) mass is 311 g/mol. The van der Waals surface area contributed by atoms with Crippen LogP contribution in [0.5, 0.6) is 5.75 Å². The lowest BCUT2D eigenvalue weighted by atomic mass is 10.1. The predicted octanol–water partition coefficient (Wildman–Crippen LogP) is 2.43. The zero-order chi connectivity index (χ0) is 15.8. The molecule has 1 atom stereocenters. The summed E-state index contributed by atoms with van der Waals surface area (Å²) in [6.45, 7) is 3.53. The highest BCUT2D eigenvalue weighted by molar-refractivity contribution is 6.30. The van der Waals surface area contributed by atoms with Crippen molar-refractivity contribution in [3.05, 3.63) is 41.4 Å². The molecule has 0 bridgehead atoms. The lowest BCUT2D eigenvalue weighted by molar-refractivity contribution is -0.141. The third kappa shape index (κ3) is 5.47. The predicted molar refractivity (Wildman–Crippen MR) is 80.7 cm³/mol. The molecule has 1 aromatic carbocycles. The van der Waals surface area contributed by atoms with Crippen molar-refractivity contribution < 1.29 is 19.4 Å². The van der Waals surface area contributed by atoms with Gasteiger partial charge in [0.2, 0.25) is 5.91 Å². The molecule has 2 N–H and O–H groups in total. The van der Waals surface area contributed by atoms with Crippen molar-refractivity contribution in [2.45, 2.75) is 25.3 Å². The Labute approximate surface area is 128 Å². The lowest BCUT2D eigenvalue weighted by Crippen LogP contribution is -2.41. The van der Waals surface area contributed by atoms with E-state index >= 15 is 0 Å². The first-order valence-electron chi connectivity index (χ1n) is 6.43. The van der Waals surface area contributed by atoms with Crippen LogP contribution in [0.25, 0.3) is 0 Å². The first-order chi connectivity index (χ1) is 9.97. The maximum atomic E-state index is 12.0. The molecule has 0 aromatic heterocycles. The SMILES string of the molecule is C=CCCC(NC(=O)Cc1cc(Cl)ccc1OC)C(=O)O. The Hall–Kier alpha value is -2.01. The van der Waals surface area contributed by atoms with E-state index < -0.39 is 17.9 Å². The number of rotatable bonds is 8. The van der Waals surface area contributed by atoms with Crippen LogP contribution in [0.3, 0.4) is 0 Å². The van der Waals surface area contributed by atoms with Crippen molar-refractivity contribution in [2.75, 3.05) is 7.11 Å². The van der Waals surface area contributed by atoms with Crippen molar-refractivity contribution in [2.24, 2.45) is 0 Å². The zero-order valence-corrected chi connectivity index (χ0v) is 12.5. The number of aliphatic carboxylic acids is 1. The number of hydrogen-bond acceptors (Lipinski definition) is 3. The van der Waals surface area contributed by atoms with E-state index in [2.05, 4.69) is 11.9 Å². The van der Waals surface area contributed by atoms with Crippen LogP contribution in [0.4, 0.5) is 0 Å². The zero-order valence-electron chi connectivity index (χ0n) is 11.8. The van der Waals surface area contributed by atoms with E-state index in [1.807, 2.05) is 0 Å². The molecular formula is C15H18ClNO4. The standard InChI is InChI=1S/C15H18ClNO4/c1-3-4-5-12(15(19)20)17-14(18)9-10-8-11(16)6-7-13(10)21-2/h3,6-8,12H,1,4-5,9H2,2H3,(H,17,18)(H,19,20). The van der Waals surface area contributed by atoms with E-state index in [9.17, 15) is 9.59 Å². The lowest BCUT2D eigenvalue weighted by Gasteiger charge is -2.14. The summed E-state index contributed by atoms with van der Waals surface area (Å²) >= 11 is 5.89. The highest BCUT2D eigenvalue weighted by Crippen LogP contribution is 2.23. The Morgan fingerprint density at radius 3 is 2.81 bits per heavy atom. The summed E-state index contributed by atoms with van der Waals surface area (Å²) in [5.41, 5.74) is 0.607. The minimum Gasteiger partial charge on any atom is -0.496 e. The van der Waals surface area contributed by atoms with Crippen molar-refractivity contribution in [1.29, 1.82) is 0 Å². The maximum absolute atomic E-state index is 12.0. The molecule has 0 saturated heterocycles. The van der Waals surface area contributed by atoms with Crippen LogP contribution in [-0.4, -0.2) is 30.1 Å². The van der Waals surface area contributed by atoms with Crippen molar-refractivity contribution >= 4 is 23.5 Å². The number of amides is 1. The number of nitrogens with one attached hydrogen (secondary N) is 1. The molecule has 1 unspecified atom stereocenters. The smallest absolute Gasteiger partial charge is 0.326 e. The molecule has 1 amide bonds. The van der Waals surface area contributed by atoms with Gasteiger partial charge < -0.3 is 15.2 Å². The van der Waals surface area contributed by atoms with E-state index in [1.54, 1.807) is 24.3 Å². The molecule has 0 heterocycles. The van der Waals surface area contributed by atoms with Crippen LogP contribution in [0.2, 0.25) is 5.02 Å². The summed E-state index contributed by atoms with van der Waals surface area (Å²) in [5.74, 6) is -0.928. The Morgan fingerprint density at radius 2 is 2.24 bits per heavy atom. The molecule has 114 valence electrons. The van der Waals surface area contributed by atoms with Crippen LogP contribution in [0.15, 0.2) is 30.9 Å². The summed E-state index contributed by atoms with van der Waals surface area (Å²) in [6, 6.07) is 4.02. The summed E-state index contributed by atoms with van der Waals surface area (Å²) in [6.07, 6.45) is 2.43. The fourth-order valence-corrected chi connectivity index (χ4v) is 2.04. The molecule has 5 nitrogen and oxygen atoms in total. The molecule has 21 heavy (non-hydrogen) atoms. The average Bonchev–Trinajstić information content (AvgIpc) is 2.43. The molecular weight excluding hydrogens is 294 g/mol. The maximum Gasteiger partial charge on any atom is 0.326 e. The van der Waals surface area contributed by atoms with Gasteiger partial charge in [-0.15, -0.1) is 6.58 Å².